The molecule has 9 heteroatoms. The third-order valence-corrected chi connectivity index (χ3v) is 2.95. The fourth-order valence-corrected chi connectivity index (χ4v) is 1.76. The second-order valence-corrected chi connectivity index (χ2v) is 4.65. The molecule has 8 nitrogen and oxygen atoms in total. The zero-order chi connectivity index (χ0) is 16.1. The highest BCUT2D eigenvalue weighted by Crippen LogP contribution is 2.08. The van der Waals surface area contributed by atoms with Crippen LogP contribution in [-0.2, 0) is 22.6 Å². The fourth-order valence-electron chi connectivity index (χ4n) is 1.76. The van der Waals surface area contributed by atoms with Crippen LogP contribution in [0.3, 0.4) is 0 Å². The second-order valence-electron chi connectivity index (χ2n) is 4.65. The van der Waals surface area contributed by atoms with E-state index in [2.05, 4.69) is 20.8 Å². The van der Waals surface area contributed by atoms with Gasteiger partial charge in [0.15, 0.2) is 5.82 Å². The molecule has 0 saturated heterocycles. The van der Waals surface area contributed by atoms with Gasteiger partial charge in [0, 0.05) is 5.56 Å². The molecule has 0 bridgehead atoms. The molecule has 0 fully saturated rings. The third kappa shape index (κ3) is 3.84. The van der Waals surface area contributed by atoms with Gasteiger partial charge in [-0.2, -0.15) is 0 Å². The smallest absolute Gasteiger partial charge is 0.325 e. The van der Waals surface area contributed by atoms with Crippen LogP contribution in [0, 0.1) is 5.82 Å². The summed E-state index contributed by atoms with van der Waals surface area (Å²) in [5, 5.41) is 21.9. The van der Waals surface area contributed by atoms with Crippen molar-refractivity contribution in [3.8, 4) is 0 Å². The van der Waals surface area contributed by atoms with Crippen LogP contribution < -0.4 is 5.32 Å². The summed E-state index contributed by atoms with van der Waals surface area (Å²) in [6.07, 6.45) is -0.195. The lowest BCUT2D eigenvalue weighted by molar-refractivity contribution is -0.141. The number of rotatable bonds is 6. The second kappa shape index (κ2) is 6.74. The van der Waals surface area contributed by atoms with E-state index in [1.807, 2.05) is 0 Å². The number of carbonyl (C=O) groups excluding carboxylic acids is 1. The molecule has 2 N–H and O–H groups in total. The summed E-state index contributed by atoms with van der Waals surface area (Å²) in [5.41, 5.74) is 0.385. The Morgan fingerprint density at radius 1 is 1.41 bits per heavy atom. The van der Waals surface area contributed by atoms with E-state index in [0.717, 1.165) is 0 Å². The number of hydrogen-bond donors (Lipinski definition) is 2. The van der Waals surface area contributed by atoms with Crippen molar-refractivity contribution in [1.29, 1.82) is 0 Å². The number of aliphatic carboxylic acids is 1. The van der Waals surface area contributed by atoms with Gasteiger partial charge in [-0.15, -0.1) is 5.10 Å². The van der Waals surface area contributed by atoms with Crippen LogP contribution in [0.1, 0.15) is 18.3 Å². The Morgan fingerprint density at radius 3 is 2.82 bits per heavy atom. The SMILES string of the molecule is CC(NC(=O)Cc1nnnn1Cc1ccccc1F)C(=O)O. The Bertz CT molecular complexity index is 688. The minimum atomic E-state index is -1.14. The van der Waals surface area contributed by atoms with Gasteiger partial charge in [0.2, 0.25) is 5.91 Å². The Morgan fingerprint density at radius 2 is 2.14 bits per heavy atom. The highest BCUT2D eigenvalue weighted by Gasteiger charge is 2.17. The number of aromatic nitrogens is 4. The lowest BCUT2D eigenvalue weighted by atomic mass is 10.2. The number of carboxylic acids is 1. The predicted octanol–water partition coefficient (Wildman–Crippen LogP) is -0.00770. The van der Waals surface area contributed by atoms with Gasteiger partial charge in [0.25, 0.3) is 0 Å². The maximum Gasteiger partial charge on any atom is 0.325 e. The maximum absolute atomic E-state index is 13.6. The number of carboxylic acid groups (broad SMARTS) is 1. The van der Waals surface area contributed by atoms with Crippen LogP contribution >= 0.6 is 0 Å². The van der Waals surface area contributed by atoms with Crippen LogP contribution in [0.2, 0.25) is 0 Å². The first-order valence-corrected chi connectivity index (χ1v) is 6.48. The highest BCUT2D eigenvalue weighted by molar-refractivity contribution is 5.84. The number of hydrogen-bond acceptors (Lipinski definition) is 5. The van der Waals surface area contributed by atoms with Gasteiger partial charge in [-0.1, -0.05) is 18.2 Å². The summed E-state index contributed by atoms with van der Waals surface area (Å²) < 4.78 is 14.9. The number of benzene rings is 1. The molecule has 0 aliphatic heterocycles. The van der Waals surface area contributed by atoms with Gasteiger partial charge in [-0.25, -0.2) is 9.07 Å². The molecule has 2 aromatic rings. The largest absolute Gasteiger partial charge is 0.480 e. The van der Waals surface area contributed by atoms with E-state index in [1.165, 1.54) is 17.7 Å². The van der Waals surface area contributed by atoms with E-state index in [0.29, 0.717) is 5.56 Å². The third-order valence-electron chi connectivity index (χ3n) is 2.95. The molecule has 0 aliphatic carbocycles. The van der Waals surface area contributed by atoms with Gasteiger partial charge in [0.05, 0.1) is 13.0 Å². The number of carbonyl (C=O) groups is 2. The molecule has 116 valence electrons. The van der Waals surface area contributed by atoms with Crippen molar-refractivity contribution in [3.63, 3.8) is 0 Å². The van der Waals surface area contributed by atoms with Crippen LogP contribution in [-0.4, -0.2) is 43.2 Å². The van der Waals surface area contributed by atoms with Gasteiger partial charge in [0.1, 0.15) is 11.9 Å². The van der Waals surface area contributed by atoms with E-state index < -0.39 is 23.7 Å². The average molecular weight is 307 g/mol. The van der Waals surface area contributed by atoms with Gasteiger partial charge < -0.3 is 10.4 Å². The first-order valence-electron chi connectivity index (χ1n) is 6.48. The molecular formula is C13H14FN5O3. The normalized spacial score (nSPS) is 11.9. The van der Waals surface area contributed by atoms with Crippen molar-refractivity contribution in [2.75, 3.05) is 0 Å². The molecule has 1 aromatic heterocycles. The average Bonchev–Trinajstić information content (AvgIpc) is 2.88. The summed E-state index contributed by atoms with van der Waals surface area (Å²) in [4.78, 5) is 22.4. The van der Waals surface area contributed by atoms with Crippen molar-refractivity contribution in [2.24, 2.45) is 0 Å². The van der Waals surface area contributed by atoms with Crippen molar-refractivity contribution in [3.05, 3.63) is 41.5 Å². The fraction of sp³-hybridized carbons (Fsp3) is 0.308. The summed E-state index contributed by atoms with van der Waals surface area (Å²) in [6.45, 7) is 1.43. The van der Waals surface area contributed by atoms with Crippen molar-refractivity contribution in [2.45, 2.75) is 25.9 Å². The van der Waals surface area contributed by atoms with Crippen LogP contribution in [0.4, 0.5) is 4.39 Å². The molecule has 0 spiro atoms. The zero-order valence-corrected chi connectivity index (χ0v) is 11.7. The number of nitrogens with one attached hydrogen (secondary N) is 1. The molecule has 22 heavy (non-hydrogen) atoms. The summed E-state index contributed by atoms with van der Waals surface area (Å²) >= 11 is 0. The first-order chi connectivity index (χ1) is 10.5. The van der Waals surface area contributed by atoms with Gasteiger partial charge in [-0.05, 0) is 23.4 Å². The van der Waals surface area contributed by atoms with E-state index in [9.17, 15) is 14.0 Å². The number of halogens is 1. The topological polar surface area (TPSA) is 110 Å². The first kappa shape index (κ1) is 15.5. The number of amides is 1. The van der Waals surface area contributed by atoms with Gasteiger partial charge in [-0.3, -0.25) is 9.59 Å². The summed E-state index contributed by atoms with van der Waals surface area (Å²) in [6, 6.07) is 5.15. The van der Waals surface area contributed by atoms with Crippen LogP contribution in [0.15, 0.2) is 24.3 Å². The molecule has 1 unspecified atom stereocenters. The van der Waals surface area contributed by atoms with E-state index in [1.54, 1.807) is 18.2 Å². The molecule has 2 rings (SSSR count). The minimum Gasteiger partial charge on any atom is -0.480 e. The molecule has 1 heterocycles. The predicted molar refractivity (Wildman–Crippen MR) is 72.3 cm³/mol. The quantitative estimate of drug-likeness (QED) is 0.777. The molecule has 0 radical (unpaired) electrons. The summed E-state index contributed by atoms with van der Waals surface area (Å²) in [5.74, 6) is -1.84. The van der Waals surface area contributed by atoms with Crippen molar-refractivity contribution < 1.29 is 19.1 Å². The minimum absolute atomic E-state index is 0.0801. The Hall–Kier alpha value is -2.84. The van der Waals surface area contributed by atoms with E-state index >= 15 is 0 Å². The highest BCUT2D eigenvalue weighted by atomic mass is 19.1. The molecule has 1 atom stereocenters. The van der Waals surface area contributed by atoms with Gasteiger partial charge >= 0.3 is 5.97 Å². The monoisotopic (exact) mass is 307 g/mol. The summed E-state index contributed by atoms with van der Waals surface area (Å²) in [7, 11) is 0. The van der Waals surface area contributed by atoms with Crippen molar-refractivity contribution in [1.82, 2.24) is 25.5 Å². The van der Waals surface area contributed by atoms with E-state index in [-0.39, 0.29) is 18.8 Å². The molecule has 1 amide bonds. The number of nitrogens with zero attached hydrogens (tertiary/aromatic N) is 4. The molecule has 1 aromatic carbocycles. The molecule has 0 aliphatic rings. The molecular weight excluding hydrogens is 293 g/mol. The van der Waals surface area contributed by atoms with Crippen LogP contribution in [0.5, 0.6) is 0 Å². The Balaban J connectivity index is 2.05. The lowest BCUT2D eigenvalue weighted by Crippen LogP contribution is -2.39. The Labute approximate surface area is 124 Å². The Kier molecular flexibility index (Phi) is 4.77. The maximum atomic E-state index is 13.6. The zero-order valence-electron chi connectivity index (χ0n) is 11.7. The standard InChI is InChI=1S/C13H14FN5O3/c1-8(13(21)22)15-12(20)6-11-16-17-18-19(11)7-9-4-2-3-5-10(9)14/h2-5,8H,6-7H2,1H3,(H,15,20)(H,21,22). The van der Waals surface area contributed by atoms with E-state index in [4.69, 9.17) is 5.11 Å². The lowest BCUT2D eigenvalue weighted by Gasteiger charge is -2.09. The van der Waals surface area contributed by atoms with Crippen molar-refractivity contribution >= 4 is 11.9 Å². The van der Waals surface area contributed by atoms with Crippen LogP contribution in [0.25, 0.3) is 0 Å². The number of tetrazole rings is 1. The molecule has 0 saturated carbocycles.